The van der Waals surface area contributed by atoms with Crippen LogP contribution >= 0.6 is 0 Å². The number of aromatic amines is 1. The van der Waals surface area contributed by atoms with Crippen LogP contribution in [0.1, 0.15) is 5.82 Å². The summed E-state index contributed by atoms with van der Waals surface area (Å²) in [6.45, 7) is 1.34. The van der Waals surface area contributed by atoms with Crippen LogP contribution < -0.4 is 4.72 Å². The van der Waals surface area contributed by atoms with Crippen molar-refractivity contribution in [1.29, 1.82) is 0 Å². The monoisotopic (exact) mass is 300 g/mol. The van der Waals surface area contributed by atoms with Crippen molar-refractivity contribution in [3.8, 4) is 0 Å². The number of rotatable bonds is 6. The molecule has 0 atom stereocenters. The Kier molecular flexibility index (Phi) is 4.36. The van der Waals surface area contributed by atoms with Crippen LogP contribution in [-0.4, -0.2) is 49.7 Å². The van der Waals surface area contributed by atoms with Crippen molar-refractivity contribution in [2.75, 3.05) is 26.4 Å². The molecule has 8 heteroatoms. The van der Waals surface area contributed by atoms with Crippen molar-refractivity contribution in [1.82, 2.24) is 19.6 Å². The molecule has 1 heterocycles. The maximum Gasteiger partial charge on any atom is 0.208 e. The summed E-state index contributed by atoms with van der Waals surface area (Å²) in [6.07, 6.45) is 1.12. The van der Waals surface area contributed by atoms with Gasteiger partial charge >= 0.3 is 0 Å². The Hall–Kier alpha value is -1.51. The van der Waals surface area contributed by atoms with Gasteiger partial charge in [-0.1, -0.05) is 6.07 Å². The molecular formula is C12H17FN4O2S. The zero-order chi connectivity index (χ0) is 14.8. The first kappa shape index (κ1) is 14.9. The van der Waals surface area contributed by atoms with Crippen LogP contribution in [-0.2, 0) is 16.6 Å². The quantitative estimate of drug-likeness (QED) is 0.822. The van der Waals surface area contributed by atoms with Gasteiger partial charge in [-0.3, -0.25) is 4.90 Å². The molecule has 0 fully saturated rings. The molecule has 0 saturated heterocycles. The number of fused-ring (bicyclic) bond motifs is 1. The molecule has 0 amide bonds. The van der Waals surface area contributed by atoms with E-state index in [1.165, 1.54) is 6.07 Å². The number of halogens is 1. The van der Waals surface area contributed by atoms with Crippen LogP contribution in [0.15, 0.2) is 18.2 Å². The molecule has 6 nitrogen and oxygen atoms in total. The summed E-state index contributed by atoms with van der Waals surface area (Å²) in [7, 11) is -1.33. The Labute approximate surface area is 117 Å². The molecule has 2 rings (SSSR count). The number of benzene rings is 1. The number of sulfonamides is 1. The summed E-state index contributed by atoms with van der Waals surface area (Å²) < 4.78 is 37.8. The zero-order valence-electron chi connectivity index (χ0n) is 11.4. The highest BCUT2D eigenvalue weighted by molar-refractivity contribution is 7.88. The number of nitrogens with zero attached hydrogens (tertiary/aromatic N) is 2. The normalized spacial score (nSPS) is 12.4. The summed E-state index contributed by atoms with van der Waals surface area (Å²) in [6, 6.07) is 4.76. The molecule has 2 aromatic rings. The second-order valence-electron chi connectivity index (χ2n) is 4.72. The number of hydrogen-bond donors (Lipinski definition) is 2. The van der Waals surface area contributed by atoms with E-state index < -0.39 is 10.0 Å². The smallest absolute Gasteiger partial charge is 0.208 e. The third-order valence-corrected chi connectivity index (χ3v) is 3.52. The van der Waals surface area contributed by atoms with E-state index >= 15 is 0 Å². The van der Waals surface area contributed by atoms with Gasteiger partial charge in [0.05, 0.1) is 18.3 Å². The van der Waals surface area contributed by atoms with Gasteiger partial charge in [0.15, 0.2) is 5.82 Å². The van der Waals surface area contributed by atoms with Gasteiger partial charge in [0, 0.05) is 13.1 Å². The number of nitrogens with one attached hydrogen (secondary N) is 2. The summed E-state index contributed by atoms with van der Waals surface area (Å²) >= 11 is 0. The van der Waals surface area contributed by atoms with Crippen molar-refractivity contribution in [3.63, 3.8) is 0 Å². The second kappa shape index (κ2) is 5.86. The molecule has 0 aliphatic rings. The topological polar surface area (TPSA) is 78.1 Å². The van der Waals surface area contributed by atoms with Crippen molar-refractivity contribution in [2.45, 2.75) is 6.54 Å². The summed E-state index contributed by atoms with van der Waals surface area (Å²) in [4.78, 5) is 9.14. The third-order valence-electron chi connectivity index (χ3n) is 2.79. The summed E-state index contributed by atoms with van der Waals surface area (Å²) in [5.74, 6) is 0.290. The van der Waals surface area contributed by atoms with E-state index in [9.17, 15) is 12.8 Å². The van der Waals surface area contributed by atoms with Crippen molar-refractivity contribution in [2.24, 2.45) is 0 Å². The fourth-order valence-corrected chi connectivity index (χ4v) is 2.34. The predicted octanol–water partition coefficient (Wildman–Crippen LogP) is 0.683. The number of aromatic nitrogens is 2. The molecule has 0 spiro atoms. The Morgan fingerprint density at radius 3 is 2.85 bits per heavy atom. The van der Waals surface area contributed by atoms with E-state index in [0.29, 0.717) is 36.5 Å². The fourth-order valence-electron chi connectivity index (χ4n) is 1.88. The lowest BCUT2D eigenvalue weighted by molar-refractivity contribution is 0.325. The highest BCUT2D eigenvalue weighted by Crippen LogP contribution is 2.15. The van der Waals surface area contributed by atoms with Crippen LogP contribution in [0.5, 0.6) is 0 Å². The van der Waals surface area contributed by atoms with E-state index in [2.05, 4.69) is 14.7 Å². The Morgan fingerprint density at radius 2 is 2.20 bits per heavy atom. The van der Waals surface area contributed by atoms with Crippen LogP contribution in [0.4, 0.5) is 4.39 Å². The molecular weight excluding hydrogens is 283 g/mol. The average Bonchev–Trinajstić information content (AvgIpc) is 2.71. The van der Waals surface area contributed by atoms with Crippen molar-refractivity contribution in [3.05, 3.63) is 29.8 Å². The largest absolute Gasteiger partial charge is 0.341 e. The second-order valence-corrected chi connectivity index (χ2v) is 6.56. The lowest BCUT2D eigenvalue weighted by Gasteiger charge is -2.14. The van der Waals surface area contributed by atoms with Gasteiger partial charge in [0.25, 0.3) is 0 Å². The third kappa shape index (κ3) is 3.99. The standard InChI is InChI=1S/C12H17FN4O2S/c1-17(7-6-14-20(2,18)19)8-11-15-10-5-3-4-9(13)12(10)16-11/h3-5,14H,6-8H2,1-2H3,(H,15,16). The van der Waals surface area contributed by atoms with Gasteiger partial charge in [-0.15, -0.1) is 0 Å². The van der Waals surface area contributed by atoms with E-state index in [1.54, 1.807) is 12.1 Å². The van der Waals surface area contributed by atoms with Crippen molar-refractivity contribution >= 4 is 21.1 Å². The first-order valence-corrected chi connectivity index (χ1v) is 8.00. The summed E-state index contributed by atoms with van der Waals surface area (Å²) in [5, 5.41) is 0. The van der Waals surface area contributed by atoms with E-state index in [1.807, 2.05) is 11.9 Å². The SMILES string of the molecule is CN(CCNS(C)(=O)=O)Cc1nc2c(F)cccc2[nH]1. The minimum absolute atomic E-state index is 0.323. The maximum absolute atomic E-state index is 13.5. The Bertz CT molecular complexity index is 699. The maximum atomic E-state index is 13.5. The van der Waals surface area contributed by atoms with E-state index in [0.717, 1.165) is 6.26 Å². The molecule has 0 aliphatic carbocycles. The minimum Gasteiger partial charge on any atom is -0.341 e. The molecule has 0 saturated carbocycles. The lowest BCUT2D eigenvalue weighted by atomic mass is 10.3. The lowest BCUT2D eigenvalue weighted by Crippen LogP contribution is -2.32. The van der Waals surface area contributed by atoms with E-state index in [4.69, 9.17) is 0 Å². The number of hydrogen-bond acceptors (Lipinski definition) is 4. The van der Waals surface area contributed by atoms with Gasteiger partial charge in [-0.25, -0.2) is 22.5 Å². The first-order valence-electron chi connectivity index (χ1n) is 6.11. The predicted molar refractivity (Wildman–Crippen MR) is 75.2 cm³/mol. The first-order chi connectivity index (χ1) is 9.35. The van der Waals surface area contributed by atoms with Gasteiger partial charge in [0.1, 0.15) is 11.3 Å². The fraction of sp³-hybridized carbons (Fsp3) is 0.417. The number of H-pyrrole nitrogens is 1. The Morgan fingerprint density at radius 1 is 1.45 bits per heavy atom. The zero-order valence-corrected chi connectivity index (χ0v) is 12.2. The molecule has 1 aromatic heterocycles. The van der Waals surface area contributed by atoms with Crippen LogP contribution in [0.3, 0.4) is 0 Å². The van der Waals surface area contributed by atoms with Gasteiger partial charge < -0.3 is 4.98 Å². The Balaban J connectivity index is 1.96. The average molecular weight is 300 g/mol. The minimum atomic E-state index is -3.17. The summed E-state index contributed by atoms with van der Waals surface area (Å²) in [5.41, 5.74) is 0.979. The van der Waals surface area contributed by atoms with Crippen LogP contribution in [0.25, 0.3) is 11.0 Å². The van der Waals surface area contributed by atoms with Crippen molar-refractivity contribution < 1.29 is 12.8 Å². The molecule has 0 aliphatic heterocycles. The van der Waals surface area contributed by atoms with E-state index in [-0.39, 0.29) is 5.82 Å². The van der Waals surface area contributed by atoms with Crippen LogP contribution in [0, 0.1) is 5.82 Å². The number of imidazole rings is 1. The number of likely N-dealkylation sites (N-methyl/N-ethyl adjacent to an activating group) is 1. The van der Waals surface area contributed by atoms with Gasteiger partial charge in [0.2, 0.25) is 10.0 Å². The van der Waals surface area contributed by atoms with Crippen LogP contribution in [0.2, 0.25) is 0 Å². The highest BCUT2D eigenvalue weighted by Gasteiger charge is 2.09. The molecule has 1 aromatic carbocycles. The van der Waals surface area contributed by atoms with Gasteiger partial charge in [-0.2, -0.15) is 0 Å². The highest BCUT2D eigenvalue weighted by atomic mass is 32.2. The molecule has 0 radical (unpaired) electrons. The molecule has 0 bridgehead atoms. The molecule has 2 N–H and O–H groups in total. The number of para-hydroxylation sites is 1. The molecule has 110 valence electrons. The molecule has 0 unspecified atom stereocenters. The van der Waals surface area contributed by atoms with Gasteiger partial charge in [-0.05, 0) is 19.2 Å². The molecule has 20 heavy (non-hydrogen) atoms.